The van der Waals surface area contributed by atoms with Gasteiger partial charge in [-0.2, -0.15) is 0 Å². The zero-order valence-electron chi connectivity index (χ0n) is 22.1. The molecule has 3 rings (SSSR count). The lowest BCUT2D eigenvalue weighted by Crippen LogP contribution is -2.53. The van der Waals surface area contributed by atoms with Gasteiger partial charge < -0.3 is 26.8 Å². The SMILES string of the molecule is COc1ncccc1C(C)N=C/C(=C\N)NC(=O)C(NC(=O)C(/C=C\N)=NC(C)C)C(C1CC1)C1CC1. The lowest BCUT2D eigenvalue weighted by molar-refractivity contribution is -0.127. The number of carbonyl (C=O) groups excluding carboxylic acids is 2. The molecule has 2 aliphatic carbocycles. The molecule has 0 aromatic carbocycles. The Bertz CT molecular complexity index is 1060. The molecular weight excluding hydrogens is 470 g/mol. The fourth-order valence-corrected chi connectivity index (χ4v) is 4.49. The van der Waals surface area contributed by atoms with Gasteiger partial charge in [-0.25, -0.2) is 4.98 Å². The number of amides is 2. The molecule has 0 radical (unpaired) electrons. The first-order valence-electron chi connectivity index (χ1n) is 12.8. The molecule has 200 valence electrons. The van der Waals surface area contributed by atoms with Crippen molar-refractivity contribution >= 4 is 23.7 Å². The van der Waals surface area contributed by atoms with Crippen LogP contribution in [0.2, 0.25) is 0 Å². The van der Waals surface area contributed by atoms with E-state index >= 15 is 0 Å². The van der Waals surface area contributed by atoms with Crippen molar-refractivity contribution in [2.24, 2.45) is 39.2 Å². The van der Waals surface area contributed by atoms with Gasteiger partial charge in [-0.15, -0.1) is 0 Å². The van der Waals surface area contributed by atoms with Crippen molar-refractivity contribution in [1.82, 2.24) is 15.6 Å². The summed E-state index contributed by atoms with van der Waals surface area (Å²) in [6.07, 6.45) is 11.4. The molecule has 0 aliphatic heterocycles. The van der Waals surface area contributed by atoms with Crippen molar-refractivity contribution in [3.63, 3.8) is 0 Å². The van der Waals surface area contributed by atoms with Crippen LogP contribution in [0.3, 0.4) is 0 Å². The number of nitrogens with zero attached hydrogens (tertiary/aromatic N) is 3. The van der Waals surface area contributed by atoms with E-state index in [9.17, 15) is 9.59 Å². The lowest BCUT2D eigenvalue weighted by atomic mass is 9.88. The minimum absolute atomic E-state index is 0.0562. The highest BCUT2D eigenvalue weighted by Gasteiger charge is 2.48. The minimum Gasteiger partial charge on any atom is -0.481 e. The van der Waals surface area contributed by atoms with Crippen molar-refractivity contribution in [3.05, 3.63) is 48.1 Å². The van der Waals surface area contributed by atoms with Gasteiger partial charge in [-0.1, -0.05) is 0 Å². The molecule has 1 heterocycles. The Labute approximate surface area is 218 Å². The van der Waals surface area contributed by atoms with E-state index in [-0.39, 0.29) is 29.6 Å². The maximum atomic E-state index is 13.6. The first kappa shape index (κ1) is 27.9. The van der Waals surface area contributed by atoms with Gasteiger partial charge in [-0.3, -0.25) is 19.6 Å². The van der Waals surface area contributed by atoms with E-state index in [0.29, 0.717) is 23.4 Å². The van der Waals surface area contributed by atoms with Gasteiger partial charge in [0.15, 0.2) is 0 Å². The van der Waals surface area contributed by atoms with Crippen LogP contribution in [-0.2, 0) is 9.59 Å². The number of nitrogens with two attached hydrogens (primary N) is 2. The molecule has 10 nitrogen and oxygen atoms in total. The van der Waals surface area contributed by atoms with Crippen LogP contribution in [0.5, 0.6) is 5.88 Å². The van der Waals surface area contributed by atoms with Crippen LogP contribution in [0.4, 0.5) is 0 Å². The molecule has 2 atom stereocenters. The van der Waals surface area contributed by atoms with E-state index in [1.807, 2.05) is 32.9 Å². The van der Waals surface area contributed by atoms with Crippen molar-refractivity contribution in [2.45, 2.75) is 64.6 Å². The minimum atomic E-state index is -0.727. The third-order valence-corrected chi connectivity index (χ3v) is 6.50. The number of aromatic nitrogens is 1. The smallest absolute Gasteiger partial charge is 0.270 e. The summed E-state index contributed by atoms with van der Waals surface area (Å²) in [5.74, 6) is 0.617. The predicted molar refractivity (Wildman–Crippen MR) is 145 cm³/mol. The molecule has 37 heavy (non-hydrogen) atoms. The Hall–Kier alpha value is -3.69. The van der Waals surface area contributed by atoms with Crippen LogP contribution in [0, 0.1) is 17.8 Å². The predicted octanol–water partition coefficient (Wildman–Crippen LogP) is 2.38. The Balaban J connectivity index is 1.78. The number of pyridine rings is 1. The highest BCUT2D eigenvalue weighted by atomic mass is 16.5. The maximum Gasteiger partial charge on any atom is 0.270 e. The van der Waals surface area contributed by atoms with Gasteiger partial charge in [0, 0.05) is 30.2 Å². The Morgan fingerprint density at radius 3 is 2.38 bits per heavy atom. The van der Waals surface area contributed by atoms with E-state index in [2.05, 4.69) is 25.6 Å². The fourth-order valence-electron chi connectivity index (χ4n) is 4.49. The van der Waals surface area contributed by atoms with Crippen LogP contribution in [0.15, 0.2) is 52.5 Å². The fraction of sp³-hybridized carbons (Fsp3) is 0.519. The highest BCUT2D eigenvalue weighted by Crippen LogP contribution is 2.50. The van der Waals surface area contributed by atoms with Gasteiger partial charge in [0.05, 0.1) is 18.8 Å². The molecule has 2 amide bonds. The number of hydrogen-bond acceptors (Lipinski definition) is 8. The summed E-state index contributed by atoms with van der Waals surface area (Å²) in [6.45, 7) is 5.64. The molecule has 0 bridgehead atoms. The number of methoxy groups -OCH3 is 1. The summed E-state index contributed by atoms with van der Waals surface area (Å²) in [5, 5.41) is 5.83. The van der Waals surface area contributed by atoms with Crippen LogP contribution < -0.4 is 26.8 Å². The van der Waals surface area contributed by atoms with Crippen molar-refractivity contribution in [2.75, 3.05) is 7.11 Å². The Morgan fingerprint density at radius 2 is 1.84 bits per heavy atom. The van der Waals surface area contributed by atoms with Crippen LogP contribution in [0.25, 0.3) is 0 Å². The first-order valence-corrected chi connectivity index (χ1v) is 12.8. The molecule has 2 fully saturated rings. The molecule has 0 saturated heterocycles. The summed E-state index contributed by atoms with van der Waals surface area (Å²) in [7, 11) is 1.55. The van der Waals surface area contributed by atoms with Crippen LogP contribution >= 0.6 is 0 Å². The molecule has 1 aromatic rings. The molecule has 0 spiro atoms. The number of carbonyl (C=O) groups is 2. The Morgan fingerprint density at radius 1 is 1.16 bits per heavy atom. The number of ether oxygens (including phenoxy) is 1. The number of rotatable bonds is 13. The zero-order valence-corrected chi connectivity index (χ0v) is 22.1. The van der Waals surface area contributed by atoms with E-state index in [1.165, 1.54) is 24.7 Å². The number of allylic oxidation sites excluding steroid dienone is 1. The number of aliphatic imine (C=N–C) groups is 2. The summed E-state index contributed by atoms with van der Waals surface area (Å²) in [5.41, 5.74) is 12.7. The summed E-state index contributed by atoms with van der Waals surface area (Å²) >= 11 is 0. The molecule has 2 aliphatic rings. The second kappa shape index (κ2) is 13.0. The lowest BCUT2D eigenvalue weighted by Gasteiger charge is -2.27. The molecule has 2 unspecified atom stereocenters. The maximum absolute atomic E-state index is 13.6. The van der Waals surface area contributed by atoms with Gasteiger partial charge in [0.1, 0.15) is 11.8 Å². The van der Waals surface area contributed by atoms with Gasteiger partial charge >= 0.3 is 0 Å². The van der Waals surface area contributed by atoms with E-state index < -0.39 is 11.9 Å². The van der Waals surface area contributed by atoms with Gasteiger partial charge in [-0.05, 0) is 88.6 Å². The normalized spacial score (nSPS) is 18.4. The highest BCUT2D eigenvalue weighted by molar-refractivity contribution is 6.43. The molecule has 6 N–H and O–H groups in total. The van der Waals surface area contributed by atoms with E-state index in [4.69, 9.17) is 16.2 Å². The quantitative estimate of drug-likeness (QED) is 0.299. The van der Waals surface area contributed by atoms with Crippen molar-refractivity contribution < 1.29 is 14.3 Å². The summed E-state index contributed by atoms with van der Waals surface area (Å²) < 4.78 is 5.32. The topological polar surface area (TPSA) is 157 Å². The summed E-state index contributed by atoms with van der Waals surface area (Å²) in [6, 6.07) is 2.58. The molecule has 1 aromatic heterocycles. The average molecular weight is 510 g/mol. The zero-order chi connectivity index (χ0) is 26.9. The van der Waals surface area contributed by atoms with Gasteiger partial charge in [0.2, 0.25) is 11.8 Å². The Kier molecular flexibility index (Phi) is 9.82. The number of nitrogens with one attached hydrogen (secondary N) is 2. The average Bonchev–Trinajstić information content (AvgIpc) is 3.80. The largest absolute Gasteiger partial charge is 0.481 e. The van der Waals surface area contributed by atoms with Crippen molar-refractivity contribution in [1.29, 1.82) is 0 Å². The second-order valence-electron chi connectivity index (χ2n) is 9.84. The van der Waals surface area contributed by atoms with Gasteiger partial charge in [0.25, 0.3) is 5.91 Å². The molecule has 10 heteroatoms. The number of hydrogen-bond donors (Lipinski definition) is 4. The van der Waals surface area contributed by atoms with E-state index in [0.717, 1.165) is 31.2 Å². The summed E-state index contributed by atoms with van der Waals surface area (Å²) in [4.78, 5) is 39.8. The molecule has 2 saturated carbocycles. The first-order chi connectivity index (χ1) is 17.8. The van der Waals surface area contributed by atoms with Crippen LogP contribution in [0.1, 0.15) is 58.1 Å². The van der Waals surface area contributed by atoms with Crippen molar-refractivity contribution in [3.8, 4) is 5.88 Å². The molecular formula is C27H39N7O3. The second-order valence-corrected chi connectivity index (χ2v) is 9.84. The third kappa shape index (κ3) is 7.90. The third-order valence-electron chi connectivity index (χ3n) is 6.50. The van der Waals surface area contributed by atoms with Crippen LogP contribution in [-0.4, -0.2) is 47.9 Å². The monoisotopic (exact) mass is 509 g/mol. The van der Waals surface area contributed by atoms with E-state index in [1.54, 1.807) is 13.3 Å². The standard InChI is InChI=1S/C27H39N7O3/c1-16(2)32-22(11-12-28)25(35)34-24(23(18-7-8-18)19-9-10-19)26(36)33-20(14-29)15-31-17(3)21-6-5-13-30-27(21)37-4/h5-6,11-19,23-24H,7-10,28-29H2,1-4H3,(H,33,36)(H,34,35)/b12-11-,20-14+,31-15?,32-22?.